The van der Waals surface area contributed by atoms with Crippen LogP contribution in [0.3, 0.4) is 0 Å². The zero-order valence-corrected chi connectivity index (χ0v) is 13.1. The smallest absolute Gasteiger partial charge is 0.357 e. The lowest BCUT2D eigenvalue weighted by Gasteiger charge is -2.19. The molecular formula is C17H20N2O2. The molecule has 2 aromatic heterocycles. The topological polar surface area (TPSA) is 52.1 Å². The normalized spacial score (nSPS) is 11.3. The van der Waals surface area contributed by atoms with Crippen LogP contribution in [0.4, 0.5) is 0 Å². The predicted molar refractivity (Wildman–Crippen MR) is 82.1 cm³/mol. The highest BCUT2D eigenvalue weighted by Crippen LogP contribution is 2.19. The molecule has 0 N–H and O–H groups in total. The number of hydrogen-bond acceptors (Lipinski definition) is 4. The van der Waals surface area contributed by atoms with Crippen molar-refractivity contribution < 1.29 is 9.53 Å². The van der Waals surface area contributed by atoms with Gasteiger partial charge < -0.3 is 4.74 Å². The van der Waals surface area contributed by atoms with E-state index in [1.54, 1.807) is 12.3 Å². The van der Waals surface area contributed by atoms with Gasteiger partial charge in [0.1, 0.15) is 11.3 Å². The van der Waals surface area contributed by atoms with Crippen molar-refractivity contribution in [2.24, 2.45) is 0 Å². The van der Waals surface area contributed by atoms with Crippen LogP contribution in [0.1, 0.15) is 42.4 Å². The van der Waals surface area contributed by atoms with Gasteiger partial charge >= 0.3 is 5.97 Å². The second-order valence-electron chi connectivity index (χ2n) is 6.14. The Kier molecular flexibility index (Phi) is 4.07. The summed E-state index contributed by atoms with van der Waals surface area (Å²) < 4.78 is 5.37. The molecule has 0 aliphatic heterocycles. The molecule has 0 unspecified atom stereocenters. The molecule has 0 aliphatic rings. The minimum atomic E-state index is -0.537. The second-order valence-corrected chi connectivity index (χ2v) is 6.14. The summed E-state index contributed by atoms with van der Waals surface area (Å²) in [6.07, 6.45) is 1.74. The summed E-state index contributed by atoms with van der Waals surface area (Å²) in [5.74, 6) is -0.417. The Morgan fingerprint density at radius 3 is 2.33 bits per heavy atom. The standard InChI is InChI=1S/C17H20N2O2/c1-11-6-7-18-13(8-11)14-9-12(2)10-15(19-14)16(20)21-17(3,4)5/h6-10H,1-5H3. The molecule has 21 heavy (non-hydrogen) atoms. The van der Waals surface area contributed by atoms with Gasteiger partial charge in [-0.1, -0.05) is 0 Å². The molecule has 4 nitrogen and oxygen atoms in total. The molecule has 0 amide bonds. The van der Waals surface area contributed by atoms with Crippen LogP contribution in [0.5, 0.6) is 0 Å². The van der Waals surface area contributed by atoms with E-state index in [9.17, 15) is 4.79 Å². The molecular weight excluding hydrogens is 264 g/mol. The van der Waals surface area contributed by atoms with E-state index in [2.05, 4.69) is 9.97 Å². The fourth-order valence-electron chi connectivity index (χ4n) is 1.91. The molecule has 2 aromatic rings. The molecule has 0 atom stereocenters. The molecule has 2 heterocycles. The van der Waals surface area contributed by atoms with E-state index in [4.69, 9.17) is 4.74 Å². The zero-order valence-electron chi connectivity index (χ0n) is 13.1. The van der Waals surface area contributed by atoms with Gasteiger partial charge in [-0.15, -0.1) is 0 Å². The summed E-state index contributed by atoms with van der Waals surface area (Å²) in [5.41, 5.74) is 3.25. The van der Waals surface area contributed by atoms with Crippen LogP contribution in [0.25, 0.3) is 11.4 Å². The van der Waals surface area contributed by atoms with Crippen molar-refractivity contribution in [3.05, 3.63) is 47.3 Å². The SMILES string of the molecule is Cc1ccnc(-c2cc(C)cc(C(=O)OC(C)(C)C)n2)c1. The van der Waals surface area contributed by atoms with Gasteiger partial charge in [0.15, 0.2) is 0 Å². The number of aryl methyl sites for hydroxylation is 2. The minimum absolute atomic E-state index is 0.309. The highest BCUT2D eigenvalue weighted by molar-refractivity contribution is 5.88. The van der Waals surface area contributed by atoms with E-state index in [0.717, 1.165) is 16.8 Å². The van der Waals surface area contributed by atoms with Gasteiger partial charge in [-0.25, -0.2) is 9.78 Å². The quantitative estimate of drug-likeness (QED) is 0.789. The van der Waals surface area contributed by atoms with Crippen LogP contribution in [0.15, 0.2) is 30.5 Å². The molecule has 0 bridgehead atoms. The van der Waals surface area contributed by atoms with Crippen molar-refractivity contribution in [1.29, 1.82) is 0 Å². The fraction of sp³-hybridized carbons (Fsp3) is 0.353. The Balaban J connectivity index is 2.40. The number of nitrogens with zero attached hydrogens (tertiary/aromatic N) is 2. The highest BCUT2D eigenvalue weighted by Gasteiger charge is 2.20. The summed E-state index contributed by atoms with van der Waals surface area (Å²) in [5, 5.41) is 0. The number of rotatable bonds is 2. The molecule has 110 valence electrons. The van der Waals surface area contributed by atoms with Gasteiger partial charge in [-0.3, -0.25) is 4.98 Å². The molecule has 0 saturated heterocycles. The lowest BCUT2D eigenvalue weighted by Crippen LogP contribution is -2.24. The van der Waals surface area contributed by atoms with Crippen LogP contribution in [0, 0.1) is 13.8 Å². The summed E-state index contributed by atoms with van der Waals surface area (Å²) in [6, 6.07) is 7.51. The average molecular weight is 284 g/mol. The first kappa shape index (κ1) is 15.2. The molecule has 0 aliphatic carbocycles. The Bertz CT molecular complexity index is 673. The lowest BCUT2D eigenvalue weighted by molar-refractivity contribution is 0.00628. The van der Waals surface area contributed by atoms with Crippen molar-refractivity contribution in [2.75, 3.05) is 0 Å². The van der Waals surface area contributed by atoms with Crippen LogP contribution in [0.2, 0.25) is 0 Å². The first-order chi connectivity index (χ1) is 9.74. The third-order valence-electron chi connectivity index (χ3n) is 2.76. The molecule has 0 fully saturated rings. The van der Waals surface area contributed by atoms with Crippen molar-refractivity contribution in [3.63, 3.8) is 0 Å². The van der Waals surface area contributed by atoms with Crippen LogP contribution in [-0.2, 0) is 4.74 Å². The third kappa shape index (κ3) is 4.12. The number of pyridine rings is 2. The molecule has 2 rings (SSSR count). The van der Waals surface area contributed by atoms with E-state index in [1.165, 1.54) is 0 Å². The number of ether oxygens (including phenoxy) is 1. The van der Waals surface area contributed by atoms with E-state index < -0.39 is 11.6 Å². The minimum Gasteiger partial charge on any atom is -0.455 e. The van der Waals surface area contributed by atoms with Crippen molar-refractivity contribution in [2.45, 2.75) is 40.2 Å². The fourth-order valence-corrected chi connectivity index (χ4v) is 1.91. The first-order valence-electron chi connectivity index (χ1n) is 6.90. The van der Waals surface area contributed by atoms with Gasteiger partial charge in [-0.05, 0) is 70.0 Å². The maximum atomic E-state index is 12.2. The Morgan fingerprint density at radius 1 is 1.05 bits per heavy atom. The van der Waals surface area contributed by atoms with Gasteiger partial charge in [0.2, 0.25) is 0 Å². The number of hydrogen-bond donors (Lipinski definition) is 0. The van der Waals surface area contributed by atoms with E-state index in [-0.39, 0.29) is 0 Å². The maximum absolute atomic E-state index is 12.2. The monoisotopic (exact) mass is 284 g/mol. The van der Waals surface area contributed by atoms with Gasteiger partial charge in [-0.2, -0.15) is 0 Å². The second kappa shape index (κ2) is 5.64. The number of aromatic nitrogens is 2. The number of esters is 1. The van der Waals surface area contributed by atoms with Gasteiger partial charge in [0.25, 0.3) is 0 Å². The summed E-state index contributed by atoms with van der Waals surface area (Å²) in [6.45, 7) is 9.43. The van der Waals surface area contributed by atoms with Gasteiger partial charge in [0.05, 0.1) is 11.4 Å². The van der Waals surface area contributed by atoms with E-state index >= 15 is 0 Å². The van der Waals surface area contributed by atoms with Crippen LogP contribution >= 0.6 is 0 Å². The zero-order chi connectivity index (χ0) is 15.6. The van der Waals surface area contributed by atoms with E-state index in [1.807, 2.05) is 52.8 Å². The van der Waals surface area contributed by atoms with Crippen LogP contribution in [-0.4, -0.2) is 21.5 Å². The van der Waals surface area contributed by atoms with Crippen molar-refractivity contribution in [1.82, 2.24) is 9.97 Å². The summed E-state index contributed by atoms with van der Waals surface area (Å²) in [4.78, 5) is 20.9. The van der Waals surface area contributed by atoms with Gasteiger partial charge in [0, 0.05) is 6.20 Å². The van der Waals surface area contributed by atoms with Crippen molar-refractivity contribution in [3.8, 4) is 11.4 Å². The molecule has 0 radical (unpaired) electrons. The Labute approximate surface area is 125 Å². The number of carbonyl (C=O) groups excluding carboxylic acids is 1. The summed E-state index contributed by atoms with van der Waals surface area (Å²) >= 11 is 0. The predicted octanol–water partition coefficient (Wildman–Crippen LogP) is 3.72. The molecule has 0 saturated carbocycles. The third-order valence-corrected chi connectivity index (χ3v) is 2.76. The highest BCUT2D eigenvalue weighted by atomic mass is 16.6. The Hall–Kier alpha value is -2.23. The average Bonchev–Trinajstić information content (AvgIpc) is 2.36. The summed E-state index contributed by atoms with van der Waals surface area (Å²) in [7, 11) is 0. The maximum Gasteiger partial charge on any atom is 0.357 e. The molecule has 0 aromatic carbocycles. The largest absolute Gasteiger partial charge is 0.455 e. The first-order valence-corrected chi connectivity index (χ1v) is 6.90. The van der Waals surface area contributed by atoms with E-state index in [0.29, 0.717) is 11.4 Å². The van der Waals surface area contributed by atoms with Crippen molar-refractivity contribution >= 4 is 5.97 Å². The van der Waals surface area contributed by atoms with Crippen LogP contribution < -0.4 is 0 Å². The number of carbonyl (C=O) groups is 1. The molecule has 0 spiro atoms. The lowest BCUT2D eigenvalue weighted by atomic mass is 10.1. The molecule has 4 heteroatoms. The Morgan fingerprint density at radius 2 is 1.71 bits per heavy atom.